The minimum atomic E-state index is 0.467. The normalized spacial score (nSPS) is 10.8. The maximum atomic E-state index is 5.87. The van der Waals surface area contributed by atoms with Crippen molar-refractivity contribution in [2.24, 2.45) is 0 Å². The van der Waals surface area contributed by atoms with Crippen LogP contribution in [0.25, 0.3) is 17.1 Å². The first-order valence-corrected chi connectivity index (χ1v) is 6.84. The molecule has 0 unspecified atom stereocenters. The Morgan fingerprint density at radius 2 is 2.00 bits per heavy atom. The zero-order valence-corrected chi connectivity index (χ0v) is 12.2. The van der Waals surface area contributed by atoms with Gasteiger partial charge in [0, 0.05) is 17.3 Å². The van der Waals surface area contributed by atoms with Gasteiger partial charge in [-0.25, -0.2) is 0 Å². The Labute approximate surface area is 123 Å². The molecular weight excluding hydrogens is 262 g/mol. The van der Waals surface area contributed by atoms with Gasteiger partial charge in [0.15, 0.2) is 0 Å². The third kappa shape index (κ3) is 2.29. The van der Waals surface area contributed by atoms with Crippen LogP contribution in [0.2, 0.25) is 0 Å². The van der Waals surface area contributed by atoms with Crippen LogP contribution in [0.1, 0.15) is 16.8 Å². The van der Waals surface area contributed by atoms with Gasteiger partial charge >= 0.3 is 0 Å². The lowest BCUT2D eigenvalue weighted by Gasteiger charge is -2.08. The van der Waals surface area contributed by atoms with Crippen molar-refractivity contribution in [2.75, 3.05) is 0 Å². The average Bonchev–Trinajstić information content (AvgIpc) is 2.78. The van der Waals surface area contributed by atoms with Crippen LogP contribution in [0.4, 0.5) is 0 Å². The van der Waals surface area contributed by atoms with Crippen LogP contribution in [-0.2, 0) is 6.61 Å². The maximum Gasteiger partial charge on any atom is 0.258 e. The molecule has 0 fully saturated rings. The molecule has 0 N–H and O–H groups in total. The van der Waals surface area contributed by atoms with Crippen molar-refractivity contribution in [3.63, 3.8) is 0 Å². The summed E-state index contributed by atoms with van der Waals surface area (Å²) in [6.45, 7) is 8.46. The Kier molecular flexibility index (Phi) is 3.44. The van der Waals surface area contributed by atoms with Gasteiger partial charge in [0.25, 0.3) is 5.88 Å². The molecule has 0 aliphatic carbocycles. The summed E-state index contributed by atoms with van der Waals surface area (Å²) in [6, 6.07) is 10.0. The van der Waals surface area contributed by atoms with Crippen LogP contribution in [0.3, 0.4) is 0 Å². The Bertz CT molecular complexity index is 791. The fraction of sp³-hybridized carbons (Fsp3) is 0.176. The van der Waals surface area contributed by atoms with E-state index >= 15 is 0 Å². The summed E-state index contributed by atoms with van der Waals surface area (Å²) in [5.74, 6) is 0.535. The van der Waals surface area contributed by atoms with Gasteiger partial charge in [-0.2, -0.15) is 5.10 Å². The third-order valence-electron chi connectivity index (χ3n) is 3.74. The SMILES string of the molecule is C=Cn1c(C)c(C)c2cnnc(OCc3ccccc3)c21. The molecule has 0 radical (unpaired) electrons. The second-order valence-corrected chi connectivity index (χ2v) is 4.95. The molecule has 0 aliphatic heterocycles. The van der Waals surface area contributed by atoms with Crippen molar-refractivity contribution in [3.8, 4) is 5.88 Å². The quantitative estimate of drug-likeness (QED) is 0.730. The van der Waals surface area contributed by atoms with Crippen LogP contribution in [0.5, 0.6) is 5.88 Å². The lowest BCUT2D eigenvalue weighted by molar-refractivity contribution is 0.293. The van der Waals surface area contributed by atoms with Crippen molar-refractivity contribution in [1.29, 1.82) is 0 Å². The molecule has 0 spiro atoms. The van der Waals surface area contributed by atoms with E-state index in [0.717, 1.165) is 22.2 Å². The minimum absolute atomic E-state index is 0.467. The van der Waals surface area contributed by atoms with Crippen molar-refractivity contribution < 1.29 is 4.74 Å². The van der Waals surface area contributed by atoms with Crippen LogP contribution in [0.15, 0.2) is 43.1 Å². The Morgan fingerprint density at radius 1 is 1.24 bits per heavy atom. The zero-order chi connectivity index (χ0) is 14.8. The molecule has 0 bridgehead atoms. The van der Waals surface area contributed by atoms with E-state index in [9.17, 15) is 0 Å². The second kappa shape index (κ2) is 5.40. The molecule has 106 valence electrons. The Morgan fingerprint density at radius 3 is 2.71 bits per heavy atom. The van der Waals surface area contributed by atoms with Crippen LogP contribution in [-0.4, -0.2) is 14.8 Å². The second-order valence-electron chi connectivity index (χ2n) is 4.95. The van der Waals surface area contributed by atoms with E-state index in [2.05, 4.69) is 30.6 Å². The predicted molar refractivity (Wildman–Crippen MR) is 84.2 cm³/mol. The van der Waals surface area contributed by atoms with E-state index in [1.54, 1.807) is 12.4 Å². The van der Waals surface area contributed by atoms with Crippen LogP contribution in [0, 0.1) is 13.8 Å². The van der Waals surface area contributed by atoms with Gasteiger partial charge in [0.2, 0.25) is 0 Å². The molecule has 3 rings (SSSR count). The van der Waals surface area contributed by atoms with E-state index in [4.69, 9.17) is 4.74 Å². The van der Waals surface area contributed by atoms with Crippen molar-refractivity contribution in [3.05, 3.63) is 59.9 Å². The summed E-state index contributed by atoms with van der Waals surface area (Å²) in [5.41, 5.74) is 4.32. The molecular formula is C17H17N3O. The summed E-state index contributed by atoms with van der Waals surface area (Å²) in [4.78, 5) is 0. The number of rotatable bonds is 4. The van der Waals surface area contributed by atoms with E-state index in [1.165, 1.54) is 5.56 Å². The molecule has 2 heterocycles. The number of fused-ring (bicyclic) bond motifs is 1. The van der Waals surface area contributed by atoms with E-state index in [-0.39, 0.29) is 0 Å². The van der Waals surface area contributed by atoms with Crippen LogP contribution >= 0.6 is 0 Å². The van der Waals surface area contributed by atoms with Crippen molar-refractivity contribution in [1.82, 2.24) is 14.8 Å². The summed E-state index contributed by atoms with van der Waals surface area (Å²) < 4.78 is 7.87. The number of aryl methyl sites for hydroxylation is 1. The molecule has 21 heavy (non-hydrogen) atoms. The van der Waals surface area contributed by atoms with E-state index < -0.39 is 0 Å². The number of hydrogen-bond donors (Lipinski definition) is 0. The molecule has 0 atom stereocenters. The molecule has 2 aromatic heterocycles. The first kappa shape index (κ1) is 13.4. The van der Waals surface area contributed by atoms with E-state index in [0.29, 0.717) is 12.5 Å². The highest BCUT2D eigenvalue weighted by atomic mass is 16.5. The standard InChI is InChI=1S/C17H17N3O/c1-4-20-13(3)12(2)15-10-18-19-17(16(15)20)21-11-14-8-6-5-7-9-14/h4-10H,1,11H2,2-3H3. The fourth-order valence-corrected chi connectivity index (χ4v) is 2.46. The number of benzene rings is 1. The van der Waals surface area contributed by atoms with Gasteiger partial charge < -0.3 is 9.30 Å². The van der Waals surface area contributed by atoms with Gasteiger partial charge in [0.1, 0.15) is 12.1 Å². The van der Waals surface area contributed by atoms with Gasteiger partial charge in [-0.15, -0.1) is 5.10 Å². The summed E-state index contributed by atoms with van der Waals surface area (Å²) >= 11 is 0. The molecule has 0 saturated heterocycles. The Hall–Kier alpha value is -2.62. The molecule has 3 aromatic rings. The molecule has 1 aromatic carbocycles. The fourth-order valence-electron chi connectivity index (χ4n) is 2.46. The Balaban J connectivity index is 2.03. The maximum absolute atomic E-state index is 5.87. The summed E-state index contributed by atoms with van der Waals surface area (Å²) in [6.07, 6.45) is 3.55. The number of aromatic nitrogens is 3. The number of ether oxygens (including phenoxy) is 1. The lowest BCUT2D eigenvalue weighted by atomic mass is 10.2. The van der Waals surface area contributed by atoms with Gasteiger partial charge in [-0.3, -0.25) is 0 Å². The predicted octanol–water partition coefficient (Wildman–Crippen LogP) is 3.73. The van der Waals surface area contributed by atoms with E-state index in [1.807, 2.05) is 34.9 Å². The topological polar surface area (TPSA) is 39.9 Å². The van der Waals surface area contributed by atoms with Gasteiger partial charge in [0.05, 0.1) is 6.20 Å². The summed E-state index contributed by atoms with van der Waals surface area (Å²) in [7, 11) is 0. The van der Waals surface area contributed by atoms with Gasteiger partial charge in [-0.1, -0.05) is 36.9 Å². The van der Waals surface area contributed by atoms with Crippen molar-refractivity contribution in [2.45, 2.75) is 20.5 Å². The first-order valence-electron chi connectivity index (χ1n) is 6.84. The molecule has 0 aliphatic rings. The lowest BCUT2D eigenvalue weighted by Crippen LogP contribution is -2.00. The molecule has 4 heteroatoms. The monoisotopic (exact) mass is 279 g/mol. The molecule has 0 saturated carbocycles. The highest BCUT2D eigenvalue weighted by Gasteiger charge is 2.15. The summed E-state index contributed by atoms with van der Waals surface area (Å²) in [5, 5.41) is 9.24. The zero-order valence-electron chi connectivity index (χ0n) is 12.2. The average molecular weight is 279 g/mol. The van der Waals surface area contributed by atoms with Crippen molar-refractivity contribution >= 4 is 17.1 Å². The third-order valence-corrected chi connectivity index (χ3v) is 3.74. The highest BCUT2D eigenvalue weighted by molar-refractivity contribution is 5.89. The first-order chi connectivity index (χ1) is 10.2. The minimum Gasteiger partial charge on any atom is -0.470 e. The number of hydrogen-bond acceptors (Lipinski definition) is 3. The smallest absolute Gasteiger partial charge is 0.258 e. The molecule has 0 amide bonds. The van der Waals surface area contributed by atoms with Crippen LogP contribution < -0.4 is 4.74 Å². The van der Waals surface area contributed by atoms with Gasteiger partial charge in [-0.05, 0) is 25.0 Å². The number of nitrogens with zero attached hydrogens (tertiary/aromatic N) is 3. The largest absolute Gasteiger partial charge is 0.470 e. The molecule has 4 nitrogen and oxygen atoms in total. The highest BCUT2D eigenvalue weighted by Crippen LogP contribution is 2.30.